The zero-order chi connectivity index (χ0) is 14.0. The quantitative estimate of drug-likeness (QED) is 0.921. The zero-order valence-corrected chi connectivity index (χ0v) is 13.7. The van der Waals surface area contributed by atoms with Gasteiger partial charge in [0.05, 0.1) is 6.42 Å². The second-order valence-electron chi connectivity index (χ2n) is 5.49. The summed E-state index contributed by atoms with van der Waals surface area (Å²) in [5, 5.41) is 1.12. The van der Waals surface area contributed by atoms with Gasteiger partial charge in [-0.3, -0.25) is 4.79 Å². The summed E-state index contributed by atoms with van der Waals surface area (Å²) in [4.78, 5) is 14.1. The number of benzene rings is 1. The van der Waals surface area contributed by atoms with Crippen LogP contribution >= 0.6 is 35.6 Å². The molecule has 1 aromatic rings. The van der Waals surface area contributed by atoms with Crippen LogP contribution in [0.4, 0.5) is 0 Å². The lowest BCUT2D eigenvalue weighted by molar-refractivity contribution is -0.129. The van der Waals surface area contributed by atoms with Crippen molar-refractivity contribution in [2.75, 3.05) is 19.6 Å². The van der Waals surface area contributed by atoms with Crippen molar-refractivity contribution in [3.8, 4) is 0 Å². The first-order chi connectivity index (χ1) is 8.93. The average molecular weight is 338 g/mol. The van der Waals surface area contributed by atoms with Crippen LogP contribution in [0.2, 0.25) is 10.0 Å². The second kappa shape index (κ2) is 6.99. The number of likely N-dealkylation sites (tertiary alicyclic amines) is 1. The third-order valence-electron chi connectivity index (χ3n) is 3.76. The lowest BCUT2D eigenvalue weighted by Crippen LogP contribution is -2.35. The zero-order valence-electron chi connectivity index (χ0n) is 11.4. The molecule has 0 saturated carbocycles. The number of halogens is 3. The van der Waals surface area contributed by atoms with Gasteiger partial charge < -0.3 is 10.6 Å². The Bertz CT molecular complexity index is 495. The number of amides is 1. The maximum Gasteiger partial charge on any atom is 0.227 e. The molecular weight excluding hydrogens is 319 g/mol. The molecule has 0 spiro atoms. The van der Waals surface area contributed by atoms with Gasteiger partial charge in [-0.25, -0.2) is 0 Å². The fourth-order valence-corrected chi connectivity index (χ4v) is 2.82. The van der Waals surface area contributed by atoms with Crippen LogP contribution in [-0.4, -0.2) is 30.4 Å². The van der Waals surface area contributed by atoms with E-state index in [1.807, 2.05) is 4.90 Å². The molecule has 0 radical (unpaired) electrons. The second-order valence-corrected chi connectivity index (χ2v) is 6.34. The molecule has 1 aliphatic rings. The molecule has 0 aromatic heterocycles. The summed E-state index contributed by atoms with van der Waals surface area (Å²) in [5.41, 5.74) is 6.62. The van der Waals surface area contributed by atoms with Crippen molar-refractivity contribution in [1.29, 1.82) is 0 Å². The van der Waals surface area contributed by atoms with Gasteiger partial charge in [-0.15, -0.1) is 12.4 Å². The van der Waals surface area contributed by atoms with Crippen molar-refractivity contribution < 1.29 is 4.79 Å². The Labute approximate surface area is 135 Å². The largest absolute Gasteiger partial charge is 0.342 e. The molecule has 2 N–H and O–H groups in total. The Morgan fingerprint density at radius 1 is 1.45 bits per heavy atom. The predicted molar refractivity (Wildman–Crippen MR) is 85.8 cm³/mol. The Balaban J connectivity index is 0.00000200. The normalized spacial score (nSPS) is 21.7. The molecule has 3 nitrogen and oxygen atoms in total. The summed E-state index contributed by atoms with van der Waals surface area (Å²) >= 11 is 11.9. The van der Waals surface area contributed by atoms with Gasteiger partial charge in [-0.1, -0.05) is 36.2 Å². The van der Waals surface area contributed by atoms with Gasteiger partial charge in [0.15, 0.2) is 0 Å². The third-order valence-corrected chi connectivity index (χ3v) is 4.35. The van der Waals surface area contributed by atoms with Crippen LogP contribution in [-0.2, 0) is 11.2 Å². The van der Waals surface area contributed by atoms with Crippen LogP contribution in [0.1, 0.15) is 18.9 Å². The van der Waals surface area contributed by atoms with E-state index in [1.54, 1.807) is 18.2 Å². The average Bonchev–Trinajstić information content (AvgIpc) is 2.76. The Kier molecular flexibility index (Phi) is 6.14. The van der Waals surface area contributed by atoms with E-state index in [9.17, 15) is 4.79 Å². The first-order valence-corrected chi connectivity index (χ1v) is 7.11. The van der Waals surface area contributed by atoms with Crippen LogP contribution in [0.3, 0.4) is 0 Å². The predicted octanol–water partition coefficient (Wildman–Crippen LogP) is 3.16. The van der Waals surface area contributed by atoms with Gasteiger partial charge in [-0.05, 0) is 36.1 Å². The minimum atomic E-state index is 0. The number of hydrogen-bond acceptors (Lipinski definition) is 2. The third kappa shape index (κ3) is 4.01. The molecule has 0 bridgehead atoms. The maximum absolute atomic E-state index is 12.2. The lowest BCUT2D eigenvalue weighted by Gasteiger charge is -2.22. The van der Waals surface area contributed by atoms with Gasteiger partial charge in [-0.2, -0.15) is 0 Å². The monoisotopic (exact) mass is 336 g/mol. The molecule has 2 rings (SSSR count). The number of nitrogens with two attached hydrogens (primary N) is 1. The number of carbonyl (C=O) groups excluding carboxylic acids is 1. The molecule has 112 valence electrons. The smallest absolute Gasteiger partial charge is 0.227 e. The van der Waals surface area contributed by atoms with E-state index < -0.39 is 0 Å². The Morgan fingerprint density at radius 3 is 2.70 bits per heavy atom. The molecule has 20 heavy (non-hydrogen) atoms. The van der Waals surface area contributed by atoms with Crippen LogP contribution in [0.5, 0.6) is 0 Å². The first kappa shape index (κ1) is 17.6. The molecule has 1 fully saturated rings. The molecule has 1 atom stereocenters. The Morgan fingerprint density at radius 2 is 2.15 bits per heavy atom. The summed E-state index contributed by atoms with van der Waals surface area (Å²) in [6, 6.07) is 5.23. The van der Waals surface area contributed by atoms with Gasteiger partial charge in [0.25, 0.3) is 0 Å². The van der Waals surface area contributed by atoms with Crippen molar-refractivity contribution in [3.63, 3.8) is 0 Å². The van der Waals surface area contributed by atoms with Crippen molar-refractivity contribution in [2.24, 2.45) is 11.1 Å². The fraction of sp³-hybridized carbons (Fsp3) is 0.500. The molecule has 1 saturated heterocycles. The van der Waals surface area contributed by atoms with Crippen molar-refractivity contribution >= 4 is 41.5 Å². The standard InChI is InChI=1S/C14H18Cl2N2O.ClH/c1-14(8-17)4-5-18(9-14)13(19)6-10-2-3-11(15)7-12(10)16;/h2-3,7H,4-6,8-9,17H2,1H3;1H. The molecule has 1 heterocycles. The molecule has 1 amide bonds. The minimum absolute atomic E-state index is 0. The summed E-state index contributed by atoms with van der Waals surface area (Å²) in [6.45, 7) is 4.24. The number of hydrogen-bond donors (Lipinski definition) is 1. The van der Waals surface area contributed by atoms with E-state index in [1.165, 1.54) is 0 Å². The van der Waals surface area contributed by atoms with E-state index in [-0.39, 0.29) is 23.7 Å². The van der Waals surface area contributed by atoms with Crippen LogP contribution in [0.25, 0.3) is 0 Å². The summed E-state index contributed by atoms with van der Waals surface area (Å²) in [5.74, 6) is 0.0985. The number of rotatable bonds is 3. The van der Waals surface area contributed by atoms with E-state index in [0.717, 1.165) is 25.1 Å². The van der Waals surface area contributed by atoms with Crippen molar-refractivity contribution in [1.82, 2.24) is 4.90 Å². The molecule has 0 aliphatic carbocycles. The summed E-state index contributed by atoms with van der Waals surface area (Å²) in [7, 11) is 0. The van der Waals surface area contributed by atoms with Crippen molar-refractivity contribution in [3.05, 3.63) is 33.8 Å². The summed E-state index contributed by atoms with van der Waals surface area (Å²) < 4.78 is 0. The Hall–Kier alpha value is -0.480. The van der Waals surface area contributed by atoms with E-state index >= 15 is 0 Å². The first-order valence-electron chi connectivity index (χ1n) is 6.35. The molecule has 1 aromatic carbocycles. The maximum atomic E-state index is 12.2. The van der Waals surface area contributed by atoms with Crippen LogP contribution in [0.15, 0.2) is 18.2 Å². The van der Waals surface area contributed by atoms with Gasteiger partial charge in [0, 0.05) is 23.1 Å². The molecule has 6 heteroatoms. The highest BCUT2D eigenvalue weighted by atomic mass is 35.5. The highest BCUT2D eigenvalue weighted by Crippen LogP contribution is 2.29. The van der Waals surface area contributed by atoms with E-state index in [0.29, 0.717) is 23.0 Å². The molecular formula is C14H19Cl3N2O. The topological polar surface area (TPSA) is 46.3 Å². The van der Waals surface area contributed by atoms with Gasteiger partial charge in [0.2, 0.25) is 5.91 Å². The lowest BCUT2D eigenvalue weighted by atomic mass is 9.90. The number of carbonyl (C=O) groups is 1. The van der Waals surface area contributed by atoms with Crippen molar-refractivity contribution in [2.45, 2.75) is 19.8 Å². The molecule has 1 aliphatic heterocycles. The SMILES string of the molecule is CC1(CN)CCN(C(=O)Cc2ccc(Cl)cc2Cl)C1.Cl. The van der Waals surface area contributed by atoms with Gasteiger partial charge >= 0.3 is 0 Å². The number of nitrogens with zero attached hydrogens (tertiary/aromatic N) is 1. The highest BCUT2D eigenvalue weighted by Gasteiger charge is 2.34. The highest BCUT2D eigenvalue weighted by molar-refractivity contribution is 6.35. The molecule has 1 unspecified atom stereocenters. The van der Waals surface area contributed by atoms with Gasteiger partial charge in [0.1, 0.15) is 0 Å². The van der Waals surface area contributed by atoms with Crippen LogP contribution < -0.4 is 5.73 Å². The van der Waals surface area contributed by atoms with E-state index in [2.05, 4.69) is 6.92 Å². The summed E-state index contributed by atoms with van der Waals surface area (Å²) in [6.07, 6.45) is 1.28. The minimum Gasteiger partial charge on any atom is -0.342 e. The van der Waals surface area contributed by atoms with E-state index in [4.69, 9.17) is 28.9 Å². The fourth-order valence-electron chi connectivity index (χ4n) is 2.34. The van der Waals surface area contributed by atoms with Crippen LogP contribution in [0, 0.1) is 5.41 Å².